The molecule has 112 valence electrons. The zero-order valence-corrected chi connectivity index (χ0v) is 12.4. The summed E-state index contributed by atoms with van der Waals surface area (Å²) >= 11 is 0. The summed E-state index contributed by atoms with van der Waals surface area (Å²) < 4.78 is 1.95. The maximum absolute atomic E-state index is 11.3. The normalized spacial score (nSPS) is 12.3. The van der Waals surface area contributed by atoms with E-state index >= 15 is 0 Å². The van der Waals surface area contributed by atoms with Crippen LogP contribution in [0.5, 0.6) is 0 Å². The number of benzene rings is 1. The molecule has 0 aliphatic heterocycles. The van der Waals surface area contributed by atoms with E-state index in [1.807, 2.05) is 54.9 Å². The molecule has 5 nitrogen and oxygen atoms in total. The predicted octanol–water partition coefficient (Wildman–Crippen LogP) is 2.31. The van der Waals surface area contributed by atoms with Gasteiger partial charge >= 0.3 is 5.97 Å². The summed E-state index contributed by atoms with van der Waals surface area (Å²) in [6, 6.07) is 10.6. The van der Waals surface area contributed by atoms with Gasteiger partial charge in [0.15, 0.2) is 0 Å². The Morgan fingerprint density at radius 3 is 2.62 bits per heavy atom. The van der Waals surface area contributed by atoms with Crippen molar-refractivity contribution in [1.29, 1.82) is 0 Å². The predicted molar refractivity (Wildman–Crippen MR) is 81.1 cm³/mol. The van der Waals surface area contributed by atoms with Crippen molar-refractivity contribution in [2.24, 2.45) is 0 Å². The molecular weight excluding hydrogens is 266 g/mol. The number of aliphatic carboxylic acids is 1. The highest BCUT2D eigenvalue weighted by Gasteiger charge is 2.18. The molecule has 0 saturated carbocycles. The van der Waals surface area contributed by atoms with Gasteiger partial charge in [-0.2, -0.15) is 5.10 Å². The highest BCUT2D eigenvalue weighted by Crippen LogP contribution is 2.12. The molecule has 1 aromatic heterocycles. The lowest BCUT2D eigenvalue weighted by Gasteiger charge is -2.15. The second kappa shape index (κ2) is 7.04. The van der Waals surface area contributed by atoms with Crippen molar-refractivity contribution in [2.75, 3.05) is 6.54 Å². The topological polar surface area (TPSA) is 67.2 Å². The number of aromatic nitrogens is 2. The third-order valence-electron chi connectivity index (χ3n) is 3.38. The lowest BCUT2D eigenvalue weighted by molar-refractivity contribution is -0.139. The van der Waals surface area contributed by atoms with Crippen LogP contribution in [0.4, 0.5) is 0 Å². The van der Waals surface area contributed by atoms with Crippen molar-refractivity contribution in [3.63, 3.8) is 0 Å². The maximum Gasteiger partial charge on any atom is 0.325 e. The van der Waals surface area contributed by atoms with Gasteiger partial charge in [0.2, 0.25) is 0 Å². The van der Waals surface area contributed by atoms with Gasteiger partial charge in [0.25, 0.3) is 0 Å². The van der Waals surface area contributed by atoms with Crippen LogP contribution in [-0.4, -0.2) is 27.4 Å². The highest BCUT2D eigenvalue weighted by molar-refractivity contribution is 5.75. The fourth-order valence-corrected chi connectivity index (χ4v) is 2.37. The molecular formula is C16H21N3O2. The summed E-state index contributed by atoms with van der Waals surface area (Å²) in [5, 5.41) is 16.8. The van der Waals surface area contributed by atoms with Gasteiger partial charge in [-0.3, -0.25) is 9.48 Å². The second-order valence-electron chi connectivity index (χ2n) is 5.14. The van der Waals surface area contributed by atoms with E-state index in [1.165, 1.54) is 0 Å². The molecule has 0 fully saturated rings. The summed E-state index contributed by atoms with van der Waals surface area (Å²) in [5.41, 5.74) is 2.91. The van der Waals surface area contributed by atoms with Crippen LogP contribution in [-0.2, 0) is 11.3 Å². The fourth-order valence-electron chi connectivity index (χ4n) is 2.37. The van der Waals surface area contributed by atoms with E-state index in [1.54, 1.807) is 0 Å². The Morgan fingerprint density at radius 2 is 2.05 bits per heavy atom. The molecule has 21 heavy (non-hydrogen) atoms. The molecule has 2 aromatic rings. The fraction of sp³-hybridized carbons (Fsp3) is 0.375. The Hall–Kier alpha value is -2.14. The van der Waals surface area contributed by atoms with Crippen LogP contribution in [0.15, 0.2) is 36.4 Å². The van der Waals surface area contributed by atoms with Crippen LogP contribution in [0.1, 0.15) is 29.4 Å². The SMILES string of the molecule is Cc1cc(C)n(CCCNC(C(=O)O)c2ccccc2)n1. The number of carbonyl (C=O) groups is 1. The first-order valence-corrected chi connectivity index (χ1v) is 7.10. The monoisotopic (exact) mass is 287 g/mol. The van der Waals surface area contributed by atoms with Gasteiger partial charge in [-0.1, -0.05) is 30.3 Å². The molecule has 1 atom stereocenters. The number of carboxylic acids is 1. The highest BCUT2D eigenvalue weighted by atomic mass is 16.4. The number of carboxylic acid groups (broad SMARTS) is 1. The van der Waals surface area contributed by atoms with E-state index in [2.05, 4.69) is 10.4 Å². The summed E-state index contributed by atoms with van der Waals surface area (Å²) in [5.74, 6) is -0.854. The lowest BCUT2D eigenvalue weighted by Crippen LogP contribution is -2.29. The summed E-state index contributed by atoms with van der Waals surface area (Å²) in [7, 11) is 0. The maximum atomic E-state index is 11.3. The van der Waals surface area contributed by atoms with Crippen LogP contribution in [0.3, 0.4) is 0 Å². The minimum absolute atomic E-state index is 0.629. The molecule has 1 aromatic carbocycles. The summed E-state index contributed by atoms with van der Waals surface area (Å²) in [4.78, 5) is 11.3. The lowest BCUT2D eigenvalue weighted by atomic mass is 10.1. The minimum atomic E-state index is -0.854. The standard InChI is InChI=1S/C16H21N3O2/c1-12-11-13(2)19(18-12)10-6-9-17-15(16(20)21)14-7-4-3-5-8-14/h3-5,7-8,11,15,17H,6,9-10H2,1-2H3,(H,20,21). The average Bonchev–Trinajstić information content (AvgIpc) is 2.77. The number of nitrogens with zero attached hydrogens (tertiary/aromatic N) is 2. The zero-order valence-electron chi connectivity index (χ0n) is 12.4. The number of aryl methyl sites for hydroxylation is 3. The van der Waals surface area contributed by atoms with Crippen LogP contribution in [0, 0.1) is 13.8 Å². The number of nitrogens with one attached hydrogen (secondary N) is 1. The van der Waals surface area contributed by atoms with Crippen LogP contribution in [0.25, 0.3) is 0 Å². The van der Waals surface area contributed by atoms with E-state index in [0.717, 1.165) is 29.9 Å². The van der Waals surface area contributed by atoms with Crippen molar-refractivity contribution >= 4 is 5.97 Å². The van der Waals surface area contributed by atoms with E-state index < -0.39 is 12.0 Å². The van der Waals surface area contributed by atoms with Gasteiger partial charge < -0.3 is 10.4 Å². The van der Waals surface area contributed by atoms with Crippen LogP contribution in [0.2, 0.25) is 0 Å². The van der Waals surface area contributed by atoms with Gasteiger partial charge in [0.1, 0.15) is 6.04 Å². The molecule has 0 radical (unpaired) electrons. The molecule has 0 aliphatic carbocycles. The molecule has 1 unspecified atom stereocenters. The van der Waals surface area contributed by atoms with Crippen molar-refractivity contribution in [3.8, 4) is 0 Å². The first-order chi connectivity index (χ1) is 10.1. The van der Waals surface area contributed by atoms with E-state index in [0.29, 0.717) is 6.54 Å². The molecule has 5 heteroatoms. The molecule has 2 N–H and O–H groups in total. The third kappa shape index (κ3) is 4.16. The van der Waals surface area contributed by atoms with Gasteiger partial charge in [-0.25, -0.2) is 0 Å². The first-order valence-electron chi connectivity index (χ1n) is 7.10. The van der Waals surface area contributed by atoms with Gasteiger partial charge in [-0.05, 0) is 38.4 Å². The molecule has 2 rings (SSSR count). The molecule has 1 heterocycles. The van der Waals surface area contributed by atoms with E-state index in [4.69, 9.17) is 0 Å². The largest absolute Gasteiger partial charge is 0.480 e. The molecule has 0 bridgehead atoms. The molecule has 0 amide bonds. The quantitative estimate of drug-likeness (QED) is 0.767. The smallest absolute Gasteiger partial charge is 0.325 e. The van der Waals surface area contributed by atoms with Gasteiger partial charge in [0, 0.05) is 12.2 Å². The van der Waals surface area contributed by atoms with Crippen molar-refractivity contribution in [1.82, 2.24) is 15.1 Å². The molecule has 0 spiro atoms. The van der Waals surface area contributed by atoms with E-state index in [9.17, 15) is 9.90 Å². The Bertz CT molecular complexity index is 593. The Labute approximate surface area is 124 Å². The number of hydrogen-bond acceptors (Lipinski definition) is 3. The van der Waals surface area contributed by atoms with Crippen molar-refractivity contribution in [3.05, 3.63) is 53.3 Å². The third-order valence-corrected chi connectivity index (χ3v) is 3.38. The van der Waals surface area contributed by atoms with Gasteiger partial charge in [-0.15, -0.1) is 0 Å². The first kappa shape index (κ1) is 15.3. The number of hydrogen-bond donors (Lipinski definition) is 2. The Kier molecular flexibility index (Phi) is 5.11. The minimum Gasteiger partial charge on any atom is -0.480 e. The Balaban J connectivity index is 1.86. The Morgan fingerprint density at radius 1 is 1.33 bits per heavy atom. The molecule has 0 aliphatic rings. The van der Waals surface area contributed by atoms with Gasteiger partial charge in [0.05, 0.1) is 5.69 Å². The molecule has 0 saturated heterocycles. The van der Waals surface area contributed by atoms with Crippen molar-refractivity contribution < 1.29 is 9.90 Å². The summed E-state index contributed by atoms with van der Waals surface area (Å²) in [6.45, 7) is 5.41. The average molecular weight is 287 g/mol. The van der Waals surface area contributed by atoms with Crippen molar-refractivity contribution in [2.45, 2.75) is 32.9 Å². The second-order valence-corrected chi connectivity index (χ2v) is 5.14. The van der Waals surface area contributed by atoms with Crippen LogP contribution >= 0.6 is 0 Å². The van der Waals surface area contributed by atoms with E-state index in [-0.39, 0.29) is 0 Å². The zero-order chi connectivity index (χ0) is 15.2. The van der Waals surface area contributed by atoms with Crippen LogP contribution < -0.4 is 5.32 Å². The number of rotatable bonds is 7. The summed E-state index contributed by atoms with van der Waals surface area (Å²) in [6.07, 6.45) is 0.832.